The fourth-order valence-corrected chi connectivity index (χ4v) is 0. The van der Waals surface area contributed by atoms with Gasteiger partial charge in [0.2, 0.25) is 0 Å². The maximum absolute atomic E-state index is 9.47. The maximum Gasteiger partial charge on any atom is 0.427 e. The van der Waals surface area contributed by atoms with Crippen molar-refractivity contribution in [3.05, 3.63) is 0 Å². The van der Waals surface area contributed by atoms with Gasteiger partial charge in [0.15, 0.2) is 0 Å². The van der Waals surface area contributed by atoms with E-state index in [1.165, 1.54) is 0 Å². The van der Waals surface area contributed by atoms with Gasteiger partial charge >= 0.3 is 6.09 Å². The van der Waals surface area contributed by atoms with Crippen molar-refractivity contribution in [3.63, 3.8) is 0 Å². The molecule has 0 saturated heterocycles. The second kappa shape index (κ2) is 4.86. The molecule has 0 aliphatic heterocycles. The van der Waals surface area contributed by atoms with Crippen molar-refractivity contribution in [2.75, 3.05) is 0 Å². The van der Waals surface area contributed by atoms with E-state index < -0.39 is 6.09 Å². The van der Waals surface area contributed by atoms with E-state index in [0.717, 1.165) is 0 Å². The van der Waals surface area contributed by atoms with Crippen LogP contribution in [0.4, 0.5) is 4.79 Å². The molecular formula is CH3AuNO2S2. The molecule has 0 aromatic heterocycles. The van der Waals surface area contributed by atoms with Crippen LogP contribution in [-0.4, -0.2) is 14.9 Å². The van der Waals surface area contributed by atoms with E-state index in [1.807, 2.05) is 0 Å². The first-order valence-corrected chi connectivity index (χ1v) is 1.85. The molecular weight excluding hydrogens is 319 g/mol. The third-order valence-corrected chi connectivity index (χ3v) is 0.513. The number of amides is 1. The number of hydrogen-bond acceptors (Lipinski definition) is 3. The van der Waals surface area contributed by atoms with Crippen molar-refractivity contribution in [2.24, 2.45) is 0 Å². The molecule has 1 N–H and O–H groups in total. The molecule has 0 spiro atoms. The summed E-state index contributed by atoms with van der Waals surface area (Å²) in [5, 5.41) is 7.76. The number of carboxylic acid groups (broad SMARTS) is 1. The number of hydrogen-bond donors (Lipinski definition) is 3. The van der Waals surface area contributed by atoms with E-state index in [2.05, 4.69) is 25.6 Å². The Balaban J connectivity index is 0. The van der Waals surface area contributed by atoms with Gasteiger partial charge in [-0.1, -0.05) is 0 Å². The number of thiol groups is 2. The van der Waals surface area contributed by atoms with Gasteiger partial charge < -0.3 is 5.11 Å². The molecule has 3 nitrogen and oxygen atoms in total. The van der Waals surface area contributed by atoms with Crippen molar-refractivity contribution in [1.82, 2.24) is 3.71 Å². The minimum Gasteiger partial charge on any atom is -0.464 e. The number of rotatable bonds is 0. The van der Waals surface area contributed by atoms with Gasteiger partial charge in [0.25, 0.3) is 0 Å². The largest absolute Gasteiger partial charge is 0.464 e. The summed E-state index contributed by atoms with van der Waals surface area (Å²) in [7, 11) is 0. The van der Waals surface area contributed by atoms with Gasteiger partial charge in [0.1, 0.15) is 0 Å². The third-order valence-electron chi connectivity index (χ3n) is 0.171. The van der Waals surface area contributed by atoms with Gasteiger partial charge in [-0.05, 0) is 25.6 Å². The average molecular weight is 322 g/mol. The fraction of sp³-hybridized carbons (Fsp3) is 0. The van der Waals surface area contributed by atoms with Crippen LogP contribution in [0.1, 0.15) is 0 Å². The Labute approximate surface area is 67.7 Å². The molecule has 0 unspecified atom stereocenters. The Bertz CT molecular complexity index is 66.7. The van der Waals surface area contributed by atoms with Crippen LogP contribution >= 0.6 is 25.6 Å². The zero-order valence-electron chi connectivity index (χ0n) is 3.00. The van der Waals surface area contributed by atoms with Crippen molar-refractivity contribution >= 4 is 31.7 Å². The molecule has 0 saturated carbocycles. The van der Waals surface area contributed by atoms with Gasteiger partial charge in [0, 0.05) is 22.4 Å². The quantitative estimate of drug-likeness (QED) is 0.453. The molecule has 0 aromatic carbocycles. The second-order valence-electron chi connectivity index (χ2n) is 0.572. The van der Waals surface area contributed by atoms with Gasteiger partial charge in [0.05, 0.1) is 0 Å². The topological polar surface area (TPSA) is 40.5 Å². The SMILES string of the molecule is O=C(O)N(S)S.[Au]. The molecule has 47 valence electrons. The molecule has 6 heteroatoms. The Morgan fingerprint density at radius 3 is 1.71 bits per heavy atom. The minimum atomic E-state index is -1.18. The molecule has 0 fully saturated rings. The predicted molar refractivity (Wildman–Crippen MR) is 27.8 cm³/mol. The van der Waals surface area contributed by atoms with Crippen LogP contribution in [-0.2, 0) is 22.4 Å². The molecule has 1 radical (unpaired) electrons. The van der Waals surface area contributed by atoms with Crippen LogP contribution in [0.3, 0.4) is 0 Å². The van der Waals surface area contributed by atoms with E-state index in [1.54, 1.807) is 0 Å². The molecule has 0 heterocycles. The molecule has 0 aliphatic rings. The molecule has 0 atom stereocenters. The summed E-state index contributed by atoms with van der Waals surface area (Å²) in [6.07, 6.45) is -1.18. The summed E-state index contributed by atoms with van der Waals surface area (Å²) in [6, 6.07) is 0. The van der Waals surface area contributed by atoms with Crippen LogP contribution in [0.5, 0.6) is 0 Å². The van der Waals surface area contributed by atoms with Crippen LogP contribution in [0.15, 0.2) is 0 Å². The summed E-state index contributed by atoms with van der Waals surface area (Å²) in [5.41, 5.74) is 0. The summed E-state index contributed by atoms with van der Waals surface area (Å²) in [4.78, 5) is 9.47. The maximum atomic E-state index is 9.47. The van der Waals surface area contributed by atoms with E-state index in [4.69, 9.17) is 5.11 Å². The first kappa shape index (κ1) is 10.6. The molecule has 0 aromatic rings. The number of carbonyl (C=O) groups is 1. The van der Waals surface area contributed by atoms with Crippen molar-refractivity contribution < 1.29 is 32.3 Å². The average Bonchev–Trinajstić information content (AvgIpc) is 1.36. The third kappa shape index (κ3) is 6.71. The van der Waals surface area contributed by atoms with Crippen LogP contribution < -0.4 is 0 Å². The summed E-state index contributed by atoms with van der Waals surface area (Å²) in [5.74, 6) is 0. The first-order valence-electron chi connectivity index (χ1n) is 1.05. The fourth-order valence-electron chi connectivity index (χ4n) is 0. The smallest absolute Gasteiger partial charge is 0.427 e. The van der Waals surface area contributed by atoms with E-state index in [9.17, 15) is 4.79 Å². The normalized spacial score (nSPS) is 6.57. The van der Waals surface area contributed by atoms with Gasteiger partial charge in [-0.2, -0.15) is 3.71 Å². The molecule has 0 aliphatic carbocycles. The van der Waals surface area contributed by atoms with Gasteiger partial charge in [-0.15, -0.1) is 0 Å². The van der Waals surface area contributed by atoms with Crippen LogP contribution in [0.2, 0.25) is 0 Å². The first-order chi connectivity index (χ1) is 2.64. The minimum absolute atomic E-state index is 0. The van der Waals surface area contributed by atoms with Gasteiger partial charge in [-0.25, -0.2) is 4.79 Å². The standard InChI is InChI=1S/CH3NO2S2.Au/c3-1(4)2(5)6;/h5-6H,(H,3,4);. The summed E-state index contributed by atoms with van der Waals surface area (Å²) < 4.78 is 0.472. The van der Waals surface area contributed by atoms with E-state index >= 15 is 0 Å². The van der Waals surface area contributed by atoms with Crippen molar-refractivity contribution in [2.45, 2.75) is 0 Å². The van der Waals surface area contributed by atoms with E-state index in [-0.39, 0.29) is 22.4 Å². The molecule has 0 rings (SSSR count). The van der Waals surface area contributed by atoms with Crippen LogP contribution in [0, 0.1) is 0 Å². The zero-order valence-corrected chi connectivity index (χ0v) is 6.95. The molecule has 1 amide bonds. The van der Waals surface area contributed by atoms with Crippen LogP contribution in [0.25, 0.3) is 0 Å². The Hall–Kier alpha value is 0.710. The van der Waals surface area contributed by atoms with Crippen molar-refractivity contribution in [3.8, 4) is 0 Å². The Kier molecular flexibility index (Phi) is 7.39. The Morgan fingerprint density at radius 2 is 1.71 bits per heavy atom. The molecule has 0 bridgehead atoms. The van der Waals surface area contributed by atoms with E-state index in [0.29, 0.717) is 3.71 Å². The second-order valence-corrected chi connectivity index (χ2v) is 1.69. The Morgan fingerprint density at radius 1 is 1.57 bits per heavy atom. The zero-order chi connectivity index (χ0) is 5.15. The molecule has 7 heavy (non-hydrogen) atoms. The summed E-state index contributed by atoms with van der Waals surface area (Å²) >= 11 is 6.58. The number of nitrogens with zero attached hydrogens (tertiary/aromatic N) is 1. The van der Waals surface area contributed by atoms with Gasteiger partial charge in [-0.3, -0.25) is 0 Å². The monoisotopic (exact) mass is 322 g/mol. The summed E-state index contributed by atoms with van der Waals surface area (Å²) in [6.45, 7) is 0. The van der Waals surface area contributed by atoms with Crippen molar-refractivity contribution in [1.29, 1.82) is 0 Å². The predicted octanol–water partition coefficient (Wildman–Crippen LogP) is 0.653.